The highest BCUT2D eigenvalue weighted by Gasteiger charge is 2.19. The molecule has 0 saturated carbocycles. The molecule has 0 aliphatic rings. The number of H-pyrrole nitrogens is 1. The summed E-state index contributed by atoms with van der Waals surface area (Å²) in [6, 6.07) is 19.0. The smallest absolute Gasteiger partial charge is 0.387 e. The maximum atomic E-state index is 13.2. The normalized spacial score (nSPS) is 11.2. The zero-order valence-electron chi connectivity index (χ0n) is 22.9. The van der Waals surface area contributed by atoms with Crippen LogP contribution in [0.3, 0.4) is 0 Å². The molecule has 2 amide bonds. The van der Waals surface area contributed by atoms with Crippen LogP contribution < -0.4 is 20.3 Å². The molecule has 0 radical (unpaired) electrons. The number of ether oxygens (including phenoxy) is 1. The van der Waals surface area contributed by atoms with Gasteiger partial charge in [-0.1, -0.05) is 70.2 Å². The van der Waals surface area contributed by atoms with Gasteiger partial charge in [-0.15, -0.1) is 5.10 Å². The van der Waals surface area contributed by atoms with Gasteiger partial charge in [0.1, 0.15) is 5.75 Å². The predicted octanol–water partition coefficient (Wildman–Crippen LogP) is 6.90. The number of tetrazole rings is 1. The van der Waals surface area contributed by atoms with Gasteiger partial charge in [0.05, 0.1) is 17.1 Å². The number of benzene rings is 3. The second-order valence-electron chi connectivity index (χ2n) is 10.2. The van der Waals surface area contributed by atoms with Crippen LogP contribution in [0, 0.1) is 11.8 Å². The van der Waals surface area contributed by atoms with Crippen molar-refractivity contribution >= 4 is 23.1 Å². The molecule has 3 aromatic carbocycles. The third-order valence-electron chi connectivity index (χ3n) is 5.95. The molecule has 0 spiro atoms. The van der Waals surface area contributed by atoms with E-state index in [4.69, 9.17) is 0 Å². The lowest BCUT2D eigenvalue weighted by molar-refractivity contribution is -0.0493. The fourth-order valence-corrected chi connectivity index (χ4v) is 4.49. The highest BCUT2D eigenvalue weighted by Crippen LogP contribution is 2.36. The van der Waals surface area contributed by atoms with Crippen LogP contribution in [0.2, 0.25) is 0 Å². The van der Waals surface area contributed by atoms with Gasteiger partial charge in [0.25, 0.3) is 0 Å². The second kappa shape index (κ2) is 13.0. The van der Waals surface area contributed by atoms with Crippen LogP contribution in [0.4, 0.5) is 30.6 Å². The number of hydrogen-bond donors (Lipinski definition) is 3. The van der Waals surface area contributed by atoms with Crippen molar-refractivity contribution in [1.82, 2.24) is 20.6 Å². The number of amides is 2. The van der Waals surface area contributed by atoms with E-state index >= 15 is 0 Å². The van der Waals surface area contributed by atoms with Gasteiger partial charge in [-0.05, 0) is 57.7 Å². The summed E-state index contributed by atoms with van der Waals surface area (Å²) in [5.74, 6) is 1.14. The number of urea groups is 1. The number of aromatic amines is 1. The Labute approximate surface area is 231 Å². The van der Waals surface area contributed by atoms with Crippen LogP contribution in [0.15, 0.2) is 66.7 Å². The maximum Gasteiger partial charge on any atom is 0.387 e. The molecule has 1 aromatic heterocycles. The molecule has 4 rings (SSSR count). The topological polar surface area (TPSA) is 108 Å². The van der Waals surface area contributed by atoms with Gasteiger partial charge in [-0.2, -0.15) is 8.78 Å². The highest BCUT2D eigenvalue weighted by molar-refractivity contribution is 6.03. The van der Waals surface area contributed by atoms with E-state index in [0.717, 1.165) is 35.5 Å². The van der Waals surface area contributed by atoms with Gasteiger partial charge in [-0.25, -0.2) is 9.89 Å². The standard InChI is InChI=1S/C29H33F2N7O2/c1-18(2)16-38(17-19(3)4)25-14-13-20(21-9-5-6-10-22(21)27-34-36-37-35-27)15-24(25)33-29(39)32-23-11-7-8-12-26(23)40-28(30)31/h5-15,18-19,28H,16-17H2,1-4H3,(H2,32,33,39)(H,34,35,36,37). The summed E-state index contributed by atoms with van der Waals surface area (Å²) in [6.45, 7) is 7.10. The molecule has 0 aliphatic carbocycles. The Morgan fingerprint density at radius 3 is 2.20 bits per heavy atom. The molecule has 0 bridgehead atoms. The molecule has 0 saturated heterocycles. The molecular weight excluding hydrogens is 516 g/mol. The zero-order chi connectivity index (χ0) is 28.6. The first-order chi connectivity index (χ1) is 19.2. The van der Waals surface area contributed by atoms with E-state index in [1.54, 1.807) is 12.1 Å². The second-order valence-corrected chi connectivity index (χ2v) is 10.2. The lowest BCUT2D eigenvalue weighted by Gasteiger charge is -2.31. The Morgan fingerprint density at radius 2 is 1.55 bits per heavy atom. The number of carbonyl (C=O) groups excluding carboxylic acids is 1. The van der Waals surface area contributed by atoms with Crippen LogP contribution in [-0.2, 0) is 0 Å². The van der Waals surface area contributed by atoms with Crippen LogP contribution in [0.25, 0.3) is 22.5 Å². The largest absolute Gasteiger partial charge is 0.433 e. The Hall–Kier alpha value is -4.54. The van der Waals surface area contributed by atoms with Crippen LogP contribution in [0.5, 0.6) is 5.75 Å². The molecule has 4 aromatic rings. The number of alkyl halides is 2. The SMILES string of the molecule is CC(C)CN(CC(C)C)c1ccc(-c2ccccc2-c2nnn[nH]2)cc1NC(=O)Nc1ccccc1OC(F)F. The number of nitrogens with one attached hydrogen (secondary N) is 3. The Balaban J connectivity index is 1.74. The molecule has 1 heterocycles. The monoisotopic (exact) mass is 549 g/mol. The Morgan fingerprint density at radius 1 is 0.900 bits per heavy atom. The third kappa shape index (κ3) is 7.31. The third-order valence-corrected chi connectivity index (χ3v) is 5.95. The van der Waals surface area contributed by atoms with Gasteiger partial charge in [0, 0.05) is 18.7 Å². The average molecular weight is 550 g/mol. The number of rotatable bonds is 11. The molecule has 9 nitrogen and oxygen atoms in total. The van der Waals surface area contributed by atoms with Crippen molar-refractivity contribution in [1.29, 1.82) is 0 Å². The highest BCUT2D eigenvalue weighted by atomic mass is 19.3. The summed E-state index contributed by atoms with van der Waals surface area (Å²) in [7, 11) is 0. The van der Waals surface area contributed by atoms with Crippen molar-refractivity contribution in [2.75, 3.05) is 28.6 Å². The number of aromatic nitrogens is 4. The molecule has 0 fully saturated rings. The van der Waals surface area contributed by atoms with E-state index in [-0.39, 0.29) is 11.4 Å². The minimum Gasteiger partial charge on any atom is -0.433 e. The number of halogens is 2. The first kappa shape index (κ1) is 28.5. The molecule has 0 unspecified atom stereocenters. The van der Waals surface area contributed by atoms with Crippen molar-refractivity contribution in [3.8, 4) is 28.3 Å². The van der Waals surface area contributed by atoms with Gasteiger partial charge in [-0.3, -0.25) is 0 Å². The van der Waals surface area contributed by atoms with E-state index < -0.39 is 12.6 Å². The minimum atomic E-state index is -3.02. The molecule has 0 atom stereocenters. The fourth-order valence-electron chi connectivity index (χ4n) is 4.49. The first-order valence-corrected chi connectivity index (χ1v) is 13.1. The number of carbonyl (C=O) groups is 1. The van der Waals surface area contributed by atoms with E-state index in [2.05, 4.69) is 68.6 Å². The summed E-state index contributed by atoms with van der Waals surface area (Å²) in [5.41, 5.74) is 4.04. The average Bonchev–Trinajstić information content (AvgIpc) is 3.44. The van der Waals surface area contributed by atoms with Crippen molar-refractivity contribution in [2.24, 2.45) is 11.8 Å². The molecule has 40 heavy (non-hydrogen) atoms. The van der Waals surface area contributed by atoms with Crippen LogP contribution in [-0.4, -0.2) is 46.4 Å². The first-order valence-electron chi connectivity index (χ1n) is 13.1. The Kier molecular flexibility index (Phi) is 9.26. The van der Waals surface area contributed by atoms with Crippen LogP contribution >= 0.6 is 0 Å². The van der Waals surface area contributed by atoms with Crippen molar-refractivity contribution < 1.29 is 18.3 Å². The predicted molar refractivity (Wildman–Crippen MR) is 153 cm³/mol. The van der Waals surface area contributed by atoms with E-state index in [0.29, 0.717) is 23.3 Å². The number of para-hydroxylation sites is 2. The molecule has 210 valence electrons. The van der Waals surface area contributed by atoms with Gasteiger partial charge < -0.3 is 20.3 Å². The summed E-state index contributed by atoms with van der Waals surface area (Å²) < 4.78 is 30.4. The molecular formula is C29H33F2N7O2. The van der Waals surface area contributed by atoms with E-state index in [1.165, 1.54) is 12.1 Å². The lowest BCUT2D eigenvalue weighted by Crippen LogP contribution is -2.32. The minimum absolute atomic E-state index is 0.127. The van der Waals surface area contributed by atoms with Crippen molar-refractivity contribution in [3.63, 3.8) is 0 Å². The van der Waals surface area contributed by atoms with Gasteiger partial charge >= 0.3 is 12.6 Å². The summed E-state index contributed by atoms with van der Waals surface area (Å²) in [5, 5.41) is 19.9. The molecule has 0 aliphatic heterocycles. The number of nitrogens with zero attached hydrogens (tertiary/aromatic N) is 4. The number of anilines is 3. The van der Waals surface area contributed by atoms with E-state index in [9.17, 15) is 13.6 Å². The fraction of sp³-hybridized carbons (Fsp3) is 0.310. The Bertz CT molecular complexity index is 1400. The van der Waals surface area contributed by atoms with Crippen molar-refractivity contribution in [3.05, 3.63) is 66.7 Å². The summed E-state index contributed by atoms with van der Waals surface area (Å²) >= 11 is 0. The molecule has 3 N–H and O–H groups in total. The lowest BCUT2D eigenvalue weighted by atomic mass is 9.97. The quantitative estimate of drug-likeness (QED) is 0.188. The summed E-state index contributed by atoms with van der Waals surface area (Å²) in [4.78, 5) is 15.5. The van der Waals surface area contributed by atoms with E-state index in [1.807, 2.05) is 42.5 Å². The zero-order valence-corrected chi connectivity index (χ0v) is 22.9. The van der Waals surface area contributed by atoms with Gasteiger partial charge in [0.2, 0.25) is 0 Å². The van der Waals surface area contributed by atoms with Crippen LogP contribution in [0.1, 0.15) is 27.7 Å². The molecule has 11 heteroatoms. The summed E-state index contributed by atoms with van der Waals surface area (Å²) in [6.07, 6.45) is 0. The van der Waals surface area contributed by atoms with Crippen molar-refractivity contribution in [2.45, 2.75) is 34.3 Å². The van der Waals surface area contributed by atoms with Gasteiger partial charge in [0.15, 0.2) is 5.82 Å². The number of hydrogen-bond acceptors (Lipinski definition) is 6. The maximum absolute atomic E-state index is 13.2.